The SMILES string of the molecule is Cc1cc(Cl)c(CN2CCCCCC2CO)c(Cl)n1. The van der Waals surface area contributed by atoms with Gasteiger partial charge in [0.1, 0.15) is 5.15 Å². The van der Waals surface area contributed by atoms with Crippen LogP contribution in [0.2, 0.25) is 10.2 Å². The highest BCUT2D eigenvalue weighted by Gasteiger charge is 2.22. The maximum absolute atomic E-state index is 9.52. The van der Waals surface area contributed by atoms with Crippen LogP contribution >= 0.6 is 23.2 Å². The third-order valence-electron chi connectivity index (χ3n) is 3.72. The number of pyridine rings is 1. The summed E-state index contributed by atoms with van der Waals surface area (Å²) >= 11 is 12.5. The van der Waals surface area contributed by atoms with Crippen molar-refractivity contribution in [2.24, 2.45) is 0 Å². The van der Waals surface area contributed by atoms with Gasteiger partial charge in [0.2, 0.25) is 0 Å². The molecule has 3 nitrogen and oxygen atoms in total. The number of aryl methyl sites for hydroxylation is 1. The maximum atomic E-state index is 9.52. The summed E-state index contributed by atoms with van der Waals surface area (Å²) in [6.45, 7) is 3.71. The van der Waals surface area contributed by atoms with E-state index in [2.05, 4.69) is 9.88 Å². The van der Waals surface area contributed by atoms with Crippen molar-refractivity contribution in [1.82, 2.24) is 9.88 Å². The summed E-state index contributed by atoms with van der Waals surface area (Å²) < 4.78 is 0. The Kier molecular flexibility index (Phi) is 5.46. The fourth-order valence-corrected chi connectivity index (χ4v) is 3.27. The molecular weight excluding hydrogens is 283 g/mol. The normalized spacial score (nSPS) is 21.4. The van der Waals surface area contributed by atoms with Crippen LogP contribution < -0.4 is 0 Å². The summed E-state index contributed by atoms with van der Waals surface area (Å²) in [5, 5.41) is 10.7. The van der Waals surface area contributed by atoms with E-state index >= 15 is 0 Å². The smallest absolute Gasteiger partial charge is 0.135 e. The molecule has 0 amide bonds. The summed E-state index contributed by atoms with van der Waals surface area (Å²) in [6, 6.07) is 2.05. The Morgan fingerprint density at radius 1 is 1.37 bits per heavy atom. The van der Waals surface area contributed by atoms with Gasteiger partial charge in [-0.05, 0) is 32.4 Å². The highest BCUT2D eigenvalue weighted by atomic mass is 35.5. The first-order valence-corrected chi connectivity index (χ1v) is 7.54. The van der Waals surface area contributed by atoms with Crippen molar-refractivity contribution in [3.8, 4) is 0 Å². The monoisotopic (exact) mass is 302 g/mol. The van der Waals surface area contributed by atoms with E-state index in [0.29, 0.717) is 16.7 Å². The molecule has 1 unspecified atom stereocenters. The predicted octanol–water partition coefficient (Wildman–Crippen LogP) is 3.43. The van der Waals surface area contributed by atoms with E-state index in [4.69, 9.17) is 23.2 Å². The quantitative estimate of drug-likeness (QED) is 0.869. The Hall–Kier alpha value is -0.350. The van der Waals surface area contributed by atoms with Gasteiger partial charge in [-0.1, -0.05) is 36.0 Å². The number of hydrogen-bond donors (Lipinski definition) is 1. The van der Waals surface area contributed by atoms with Gasteiger partial charge in [-0.3, -0.25) is 4.90 Å². The molecule has 1 aliphatic heterocycles. The van der Waals surface area contributed by atoms with Gasteiger partial charge in [0.15, 0.2) is 0 Å². The molecule has 2 heterocycles. The number of halogens is 2. The van der Waals surface area contributed by atoms with Crippen LogP contribution in [0.4, 0.5) is 0 Å². The number of nitrogens with zero attached hydrogens (tertiary/aromatic N) is 2. The average molecular weight is 303 g/mol. The minimum atomic E-state index is 0.189. The zero-order chi connectivity index (χ0) is 13.8. The lowest BCUT2D eigenvalue weighted by molar-refractivity contribution is 0.118. The molecule has 1 fully saturated rings. The molecule has 5 heteroatoms. The summed E-state index contributed by atoms with van der Waals surface area (Å²) in [6.07, 6.45) is 4.59. The zero-order valence-electron chi connectivity index (χ0n) is 11.2. The Bertz CT molecular complexity index is 416. The lowest BCUT2D eigenvalue weighted by Gasteiger charge is -2.29. The van der Waals surface area contributed by atoms with Gasteiger partial charge in [-0.15, -0.1) is 0 Å². The molecule has 1 aliphatic rings. The first-order valence-electron chi connectivity index (χ1n) is 6.78. The van der Waals surface area contributed by atoms with E-state index in [1.165, 1.54) is 12.8 Å². The highest BCUT2D eigenvalue weighted by Crippen LogP contribution is 2.27. The first kappa shape index (κ1) is 15.0. The fourth-order valence-electron chi connectivity index (χ4n) is 2.62. The number of hydrogen-bond acceptors (Lipinski definition) is 3. The van der Waals surface area contributed by atoms with Crippen LogP contribution in [-0.4, -0.2) is 34.2 Å². The Morgan fingerprint density at radius 3 is 2.84 bits per heavy atom. The molecule has 1 aromatic heterocycles. The predicted molar refractivity (Wildman–Crippen MR) is 78.7 cm³/mol. The number of likely N-dealkylation sites (tertiary alicyclic amines) is 1. The van der Waals surface area contributed by atoms with Gasteiger partial charge in [-0.2, -0.15) is 0 Å². The minimum absolute atomic E-state index is 0.189. The van der Waals surface area contributed by atoms with Crippen molar-refractivity contribution >= 4 is 23.2 Å². The van der Waals surface area contributed by atoms with E-state index in [9.17, 15) is 5.11 Å². The average Bonchev–Trinajstić information content (AvgIpc) is 2.58. The summed E-state index contributed by atoms with van der Waals surface area (Å²) in [4.78, 5) is 6.54. The van der Waals surface area contributed by atoms with Crippen molar-refractivity contribution in [2.75, 3.05) is 13.2 Å². The van der Waals surface area contributed by atoms with Gasteiger partial charge in [-0.25, -0.2) is 4.98 Å². The van der Waals surface area contributed by atoms with Crippen LogP contribution in [0.25, 0.3) is 0 Å². The standard InChI is InChI=1S/C14H20Cl2N2O/c1-10-7-13(15)12(14(16)17-10)8-18-6-4-2-3-5-11(18)9-19/h7,11,19H,2-6,8-9H2,1H3. The van der Waals surface area contributed by atoms with Crippen LogP contribution in [0.15, 0.2) is 6.07 Å². The van der Waals surface area contributed by atoms with Gasteiger partial charge in [0, 0.05) is 28.9 Å². The highest BCUT2D eigenvalue weighted by molar-refractivity contribution is 6.35. The van der Waals surface area contributed by atoms with E-state index in [1.807, 2.05) is 13.0 Å². The molecule has 19 heavy (non-hydrogen) atoms. The fraction of sp³-hybridized carbons (Fsp3) is 0.643. The molecule has 0 radical (unpaired) electrons. The van der Waals surface area contributed by atoms with Crippen molar-refractivity contribution in [3.05, 3.63) is 27.5 Å². The minimum Gasteiger partial charge on any atom is -0.395 e. The summed E-state index contributed by atoms with van der Waals surface area (Å²) in [5.74, 6) is 0. The third kappa shape index (κ3) is 3.82. The lowest BCUT2D eigenvalue weighted by Crippen LogP contribution is -2.37. The molecule has 0 spiro atoms. The van der Waals surface area contributed by atoms with Crippen LogP contribution in [-0.2, 0) is 6.54 Å². The van der Waals surface area contributed by atoms with Crippen molar-refractivity contribution in [3.63, 3.8) is 0 Å². The van der Waals surface area contributed by atoms with E-state index in [-0.39, 0.29) is 12.6 Å². The number of aromatic nitrogens is 1. The number of aliphatic hydroxyl groups excluding tert-OH is 1. The number of aliphatic hydroxyl groups is 1. The first-order chi connectivity index (χ1) is 9.11. The van der Waals surface area contributed by atoms with Gasteiger partial charge in [0.25, 0.3) is 0 Å². The molecule has 1 aromatic rings. The second-order valence-electron chi connectivity index (χ2n) is 5.17. The Morgan fingerprint density at radius 2 is 2.16 bits per heavy atom. The third-order valence-corrected chi connectivity index (χ3v) is 4.37. The van der Waals surface area contributed by atoms with Gasteiger partial charge >= 0.3 is 0 Å². The molecule has 0 aromatic carbocycles. The van der Waals surface area contributed by atoms with E-state index in [1.54, 1.807) is 0 Å². The van der Waals surface area contributed by atoms with Crippen LogP contribution in [0.3, 0.4) is 0 Å². The molecule has 1 N–H and O–H groups in total. The summed E-state index contributed by atoms with van der Waals surface area (Å²) in [5.41, 5.74) is 1.70. The summed E-state index contributed by atoms with van der Waals surface area (Å²) in [7, 11) is 0. The topological polar surface area (TPSA) is 36.4 Å². The van der Waals surface area contributed by atoms with Crippen LogP contribution in [0, 0.1) is 6.92 Å². The molecule has 0 aliphatic carbocycles. The van der Waals surface area contributed by atoms with Crippen molar-refractivity contribution in [1.29, 1.82) is 0 Å². The molecule has 0 saturated carbocycles. The Labute approximate surface area is 124 Å². The molecule has 0 bridgehead atoms. The molecular formula is C14H20Cl2N2O. The van der Waals surface area contributed by atoms with Crippen molar-refractivity contribution in [2.45, 2.75) is 45.2 Å². The molecule has 2 rings (SSSR count). The van der Waals surface area contributed by atoms with Crippen molar-refractivity contribution < 1.29 is 5.11 Å². The molecule has 1 atom stereocenters. The Balaban J connectivity index is 2.19. The number of rotatable bonds is 3. The van der Waals surface area contributed by atoms with Crippen LogP contribution in [0.1, 0.15) is 36.9 Å². The van der Waals surface area contributed by atoms with Gasteiger partial charge < -0.3 is 5.11 Å². The van der Waals surface area contributed by atoms with Gasteiger partial charge in [0.05, 0.1) is 6.61 Å². The zero-order valence-corrected chi connectivity index (χ0v) is 12.7. The van der Waals surface area contributed by atoms with Crippen LogP contribution in [0.5, 0.6) is 0 Å². The van der Waals surface area contributed by atoms with E-state index in [0.717, 1.165) is 30.6 Å². The lowest BCUT2D eigenvalue weighted by atomic mass is 10.1. The largest absolute Gasteiger partial charge is 0.395 e. The van der Waals surface area contributed by atoms with E-state index < -0.39 is 0 Å². The second kappa shape index (κ2) is 6.89. The molecule has 106 valence electrons. The molecule has 1 saturated heterocycles. The maximum Gasteiger partial charge on any atom is 0.135 e. The second-order valence-corrected chi connectivity index (χ2v) is 5.94.